The first-order chi connectivity index (χ1) is 10.1. The van der Waals surface area contributed by atoms with Gasteiger partial charge in [-0.25, -0.2) is 13.2 Å². The molecule has 0 saturated heterocycles. The molecule has 1 rings (SSSR count). The van der Waals surface area contributed by atoms with Crippen molar-refractivity contribution < 1.29 is 18.0 Å². The summed E-state index contributed by atoms with van der Waals surface area (Å²) < 4.78 is 24.8. The summed E-state index contributed by atoms with van der Waals surface area (Å²) in [4.78, 5) is 22.8. The van der Waals surface area contributed by atoms with E-state index in [0.717, 1.165) is 6.26 Å². The van der Waals surface area contributed by atoms with Crippen LogP contribution in [-0.2, 0) is 14.8 Å². The van der Waals surface area contributed by atoms with Gasteiger partial charge in [-0.1, -0.05) is 0 Å². The molecular formula is C13H20N4O4S. The van der Waals surface area contributed by atoms with Gasteiger partial charge in [-0.15, -0.1) is 0 Å². The number of anilines is 2. The van der Waals surface area contributed by atoms with Crippen molar-refractivity contribution in [3.05, 3.63) is 23.8 Å². The van der Waals surface area contributed by atoms with E-state index in [1.807, 2.05) is 0 Å². The second kappa shape index (κ2) is 7.12. The van der Waals surface area contributed by atoms with Crippen molar-refractivity contribution in [2.24, 2.45) is 0 Å². The van der Waals surface area contributed by atoms with E-state index in [9.17, 15) is 18.0 Å². The van der Waals surface area contributed by atoms with Crippen molar-refractivity contribution >= 4 is 33.3 Å². The summed E-state index contributed by atoms with van der Waals surface area (Å²) in [5.41, 5.74) is 1.81. The van der Waals surface area contributed by atoms with Gasteiger partial charge in [0.1, 0.15) is 6.04 Å². The number of imide groups is 1. The summed E-state index contributed by atoms with van der Waals surface area (Å²) in [6.07, 6.45) is 1.07. The van der Waals surface area contributed by atoms with Gasteiger partial charge in [0.25, 0.3) is 0 Å². The summed E-state index contributed by atoms with van der Waals surface area (Å²) >= 11 is 0. The summed E-state index contributed by atoms with van der Waals surface area (Å²) in [6, 6.07) is 3.73. The van der Waals surface area contributed by atoms with Gasteiger partial charge in [0.2, 0.25) is 15.9 Å². The second-order valence-electron chi connectivity index (χ2n) is 4.84. The average Bonchev–Trinajstić information content (AvgIpc) is 2.40. The molecule has 0 aliphatic heterocycles. The monoisotopic (exact) mass is 328 g/mol. The third-order valence-corrected chi connectivity index (χ3v) is 3.35. The lowest BCUT2D eigenvalue weighted by Crippen LogP contribution is -2.44. The molecule has 0 spiro atoms. The topological polar surface area (TPSA) is 116 Å². The number of benzene rings is 1. The summed E-state index contributed by atoms with van der Waals surface area (Å²) in [5.74, 6) is -0.477. The zero-order valence-corrected chi connectivity index (χ0v) is 13.7. The van der Waals surface area contributed by atoms with Crippen LogP contribution in [0.15, 0.2) is 18.2 Å². The van der Waals surface area contributed by atoms with E-state index in [2.05, 4.69) is 20.7 Å². The number of rotatable bonds is 5. The Bertz CT molecular complexity index is 673. The molecule has 4 N–H and O–H groups in total. The SMILES string of the molecule is CNC(=O)NC(=O)[C@H](C)Nc1ccc(NS(C)(=O)=O)c(C)c1. The lowest BCUT2D eigenvalue weighted by molar-refractivity contribution is -0.120. The van der Waals surface area contributed by atoms with Gasteiger partial charge < -0.3 is 10.6 Å². The number of hydrogen-bond donors (Lipinski definition) is 4. The molecule has 1 atom stereocenters. The number of urea groups is 1. The van der Waals surface area contributed by atoms with Gasteiger partial charge in [0, 0.05) is 12.7 Å². The highest BCUT2D eigenvalue weighted by Crippen LogP contribution is 2.21. The molecule has 8 nitrogen and oxygen atoms in total. The van der Waals surface area contributed by atoms with Gasteiger partial charge in [0.15, 0.2) is 0 Å². The van der Waals surface area contributed by atoms with Gasteiger partial charge in [0.05, 0.1) is 11.9 Å². The summed E-state index contributed by atoms with van der Waals surface area (Å²) in [6.45, 7) is 3.35. The van der Waals surface area contributed by atoms with Gasteiger partial charge in [-0.05, 0) is 37.6 Å². The van der Waals surface area contributed by atoms with Crippen LogP contribution < -0.4 is 20.7 Å². The first-order valence-corrected chi connectivity index (χ1v) is 8.39. The Morgan fingerprint density at radius 1 is 1.23 bits per heavy atom. The number of hydrogen-bond acceptors (Lipinski definition) is 5. The Labute approximate surface area is 129 Å². The minimum absolute atomic E-state index is 0.468. The highest BCUT2D eigenvalue weighted by Gasteiger charge is 2.15. The van der Waals surface area contributed by atoms with Crippen LogP contribution >= 0.6 is 0 Å². The molecule has 0 aliphatic carbocycles. The number of nitrogens with one attached hydrogen (secondary N) is 4. The highest BCUT2D eigenvalue weighted by molar-refractivity contribution is 7.92. The highest BCUT2D eigenvalue weighted by atomic mass is 32.2. The van der Waals surface area contributed by atoms with E-state index >= 15 is 0 Å². The lowest BCUT2D eigenvalue weighted by atomic mass is 10.1. The molecule has 1 aromatic carbocycles. The van der Waals surface area contributed by atoms with Crippen LogP contribution in [0.2, 0.25) is 0 Å². The fourth-order valence-electron chi connectivity index (χ4n) is 1.67. The maximum atomic E-state index is 11.7. The third-order valence-electron chi connectivity index (χ3n) is 2.76. The van der Waals surface area contributed by atoms with Crippen LogP contribution in [0.4, 0.5) is 16.2 Å². The van der Waals surface area contributed by atoms with Gasteiger partial charge in [-0.2, -0.15) is 0 Å². The fraction of sp³-hybridized carbons (Fsp3) is 0.385. The van der Waals surface area contributed by atoms with E-state index in [1.54, 1.807) is 32.0 Å². The van der Waals surface area contributed by atoms with Crippen LogP contribution in [0, 0.1) is 6.92 Å². The zero-order chi connectivity index (χ0) is 16.9. The third kappa shape index (κ3) is 5.60. The van der Waals surface area contributed by atoms with E-state index < -0.39 is 28.0 Å². The molecule has 0 unspecified atom stereocenters. The molecule has 0 heterocycles. The molecule has 9 heteroatoms. The molecular weight excluding hydrogens is 308 g/mol. The molecule has 122 valence electrons. The number of amides is 3. The van der Waals surface area contributed by atoms with E-state index in [0.29, 0.717) is 16.9 Å². The molecule has 0 aliphatic rings. The Morgan fingerprint density at radius 3 is 2.36 bits per heavy atom. The molecule has 0 bridgehead atoms. The second-order valence-corrected chi connectivity index (χ2v) is 6.59. The Balaban J connectivity index is 2.77. The van der Waals surface area contributed by atoms with Crippen molar-refractivity contribution in [1.82, 2.24) is 10.6 Å². The lowest BCUT2D eigenvalue weighted by Gasteiger charge is -2.16. The first-order valence-electron chi connectivity index (χ1n) is 6.50. The minimum Gasteiger partial charge on any atom is -0.374 e. The Morgan fingerprint density at radius 2 is 1.86 bits per heavy atom. The normalized spacial score (nSPS) is 12.2. The van der Waals surface area contributed by atoms with Crippen molar-refractivity contribution in [3.63, 3.8) is 0 Å². The number of carbonyl (C=O) groups excluding carboxylic acids is 2. The largest absolute Gasteiger partial charge is 0.374 e. The average molecular weight is 328 g/mol. The van der Waals surface area contributed by atoms with Gasteiger partial charge in [-0.3, -0.25) is 14.8 Å². The van der Waals surface area contributed by atoms with E-state index in [-0.39, 0.29) is 0 Å². The first kappa shape index (κ1) is 17.8. The molecule has 22 heavy (non-hydrogen) atoms. The molecule has 3 amide bonds. The van der Waals surface area contributed by atoms with Crippen molar-refractivity contribution in [2.75, 3.05) is 23.3 Å². The number of carbonyl (C=O) groups is 2. The molecule has 0 fully saturated rings. The van der Waals surface area contributed by atoms with Crippen LogP contribution in [-0.4, -0.2) is 39.7 Å². The Kier molecular flexibility index (Phi) is 5.75. The van der Waals surface area contributed by atoms with Crippen molar-refractivity contribution in [1.29, 1.82) is 0 Å². The fourth-order valence-corrected chi connectivity index (χ4v) is 2.29. The van der Waals surface area contributed by atoms with Crippen LogP contribution in [0.3, 0.4) is 0 Å². The minimum atomic E-state index is -3.34. The zero-order valence-electron chi connectivity index (χ0n) is 12.9. The van der Waals surface area contributed by atoms with E-state index in [4.69, 9.17) is 0 Å². The van der Waals surface area contributed by atoms with Crippen LogP contribution in [0.25, 0.3) is 0 Å². The van der Waals surface area contributed by atoms with Crippen molar-refractivity contribution in [2.45, 2.75) is 19.9 Å². The smallest absolute Gasteiger partial charge is 0.321 e. The number of sulfonamides is 1. The maximum absolute atomic E-state index is 11.7. The van der Waals surface area contributed by atoms with Crippen LogP contribution in [0.1, 0.15) is 12.5 Å². The maximum Gasteiger partial charge on any atom is 0.321 e. The van der Waals surface area contributed by atoms with Gasteiger partial charge >= 0.3 is 6.03 Å². The molecule has 0 saturated carbocycles. The summed E-state index contributed by atoms with van der Waals surface area (Å²) in [5, 5.41) is 7.39. The van der Waals surface area contributed by atoms with E-state index in [1.165, 1.54) is 7.05 Å². The quantitative estimate of drug-likeness (QED) is 0.632. The Hall–Kier alpha value is -2.29. The summed E-state index contributed by atoms with van der Waals surface area (Å²) in [7, 11) is -1.93. The number of aryl methyl sites for hydroxylation is 1. The molecule has 0 radical (unpaired) electrons. The molecule has 1 aromatic rings. The standard InChI is InChI=1S/C13H20N4O4S/c1-8-7-10(5-6-11(8)17-22(4,20)21)15-9(2)12(18)16-13(19)14-3/h5-7,9,15,17H,1-4H3,(H2,14,16,18,19)/t9-/m0/s1. The van der Waals surface area contributed by atoms with Crippen LogP contribution in [0.5, 0.6) is 0 Å². The predicted molar refractivity (Wildman–Crippen MR) is 85.3 cm³/mol. The molecule has 0 aromatic heterocycles. The van der Waals surface area contributed by atoms with Crippen molar-refractivity contribution in [3.8, 4) is 0 Å². The predicted octanol–water partition coefficient (Wildman–Crippen LogP) is 0.623.